The zero-order valence-electron chi connectivity index (χ0n) is 34.1. The second-order valence-corrected chi connectivity index (χ2v) is 14.1. The zero-order valence-corrected chi connectivity index (χ0v) is 34.1. The topological polar surface area (TPSA) is 408 Å². The smallest absolute Gasteiger partial charge is 0.326 e. The quantitative estimate of drug-likeness (QED) is 0.0333. The van der Waals surface area contributed by atoms with E-state index in [-0.39, 0.29) is 25.9 Å². The maximum Gasteiger partial charge on any atom is 0.326 e. The van der Waals surface area contributed by atoms with Crippen LogP contribution in [0.4, 0.5) is 0 Å². The largest absolute Gasteiger partial charge is 0.480 e. The van der Waals surface area contributed by atoms with Gasteiger partial charge in [0.2, 0.25) is 47.3 Å². The molecule has 1 aromatic carbocycles. The number of amides is 8. The molecule has 342 valence electrons. The van der Waals surface area contributed by atoms with Gasteiger partial charge in [0, 0.05) is 45.4 Å². The number of carbonyl (C=O) groups excluding carboxylic acids is 8. The third-order valence-corrected chi connectivity index (χ3v) is 8.97. The van der Waals surface area contributed by atoms with Crippen molar-refractivity contribution in [2.45, 2.75) is 101 Å². The summed E-state index contributed by atoms with van der Waals surface area (Å²) < 4.78 is 0. The Labute approximate surface area is 351 Å². The lowest BCUT2D eigenvalue weighted by Gasteiger charge is -2.32. The Morgan fingerprint density at radius 1 is 0.721 bits per heavy atom. The molecule has 17 N–H and O–H groups in total. The lowest BCUT2D eigenvalue weighted by atomic mass is 10.0. The van der Waals surface area contributed by atoms with E-state index in [0.29, 0.717) is 12.8 Å². The van der Waals surface area contributed by atoms with Gasteiger partial charge in [0.05, 0.1) is 32.3 Å². The van der Waals surface area contributed by atoms with Crippen LogP contribution in [0.5, 0.6) is 0 Å². The van der Waals surface area contributed by atoms with Crippen molar-refractivity contribution in [3.63, 3.8) is 0 Å². The molecule has 1 rings (SSSR count). The zero-order chi connectivity index (χ0) is 46.2. The van der Waals surface area contributed by atoms with Gasteiger partial charge in [-0.05, 0) is 31.7 Å². The minimum atomic E-state index is -1.85. The highest BCUT2D eigenvalue weighted by molar-refractivity contribution is 5.96. The number of nitrogens with two attached hydrogens (primary N) is 3. The van der Waals surface area contributed by atoms with Crippen molar-refractivity contribution in [2.24, 2.45) is 17.2 Å². The summed E-state index contributed by atoms with van der Waals surface area (Å²) in [6.45, 7) is -0.222. The highest BCUT2D eigenvalue weighted by Gasteiger charge is 2.36. The summed E-state index contributed by atoms with van der Waals surface area (Å²) in [6, 6.07) is -1.28. The van der Waals surface area contributed by atoms with E-state index in [1.165, 1.54) is 0 Å². The number of primary amides is 1. The van der Waals surface area contributed by atoms with E-state index in [9.17, 15) is 68.7 Å². The van der Waals surface area contributed by atoms with Gasteiger partial charge in [-0.25, -0.2) is 4.79 Å². The molecular weight excluding hydrogens is 808 g/mol. The number of aliphatic hydroxyl groups is 4. The van der Waals surface area contributed by atoms with Gasteiger partial charge in [-0.15, -0.1) is 0 Å². The molecule has 61 heavy (non-hydrogen) atoms. The van der Waals surface area contributed by atoms with Crippen molar-refractivity contribution in [1.29, 1.82) is 0 Å². The van der Waals surface area contributed by atoms with Crippen molar-refractivity contribution in [1.82, 2.24) is 36.8 Å². The average Bonchev–Trinajstić information content (AvgIpc) is 3.21. The summed E-state index contributed by atoms with van der Waals surface area (Å²) in [5, 5.41) is 62.6. The van der Waals surface area contributed by atoms with Crippen LogP contribution < -0.4 is 49.1 Å². The Morgan fingerprint density at radius 2 is 1.31 bits per heavy atom. The van der Waals surface area contributed by atoms with E-state index in [0.717, 1.165) is 24.3 Å². The molecule has 0 aliphatic carbocycles. The van der Waals surface area contributed by atoms with Crippen molar-refractivity contribution < 1.29 is 68.7 Å². The average molecular weight is 869 g/mol. The summed E-state index contributed by atoms with van der Waals surface area (Å²) in [6.07, 6.45) is -2.23. The van der Waals surface area contributed by atoms with Crippen LogP contribution in [0.1, 0.15) is 51.5 Å². The molecular formula is C37H60N10O14. The summed E-state index contributed by atoms with van der Waals surface area (Å²) in [5.74, 6) is -8.66. The van der Waals surface area contributed by atoms with Crippen molar-refractivity contribution >= 4 is 53.2 Å². The fourth-order valence-electron chi connectivity index (χ4n) is 5.56. The number of unbranched alkanes of at least 4 members (excludes halogenated alkanes) is 1. The van der Waals surface area contributed by atoms with Gasteiger partial charge in [-0.2, -0.15) is 0 Å². The normalized spacial score (nSPS) is 14.9. The monoisotopic (exact) mass is 868 g/mol. The third kappa shape index (κ3) is 19.9. The minimum Gasteiger partial charge on any atom is -0.480 e. The van der Waals surface area contributed by atoms with E-state index in [1.54, 1.807) is 30.3 Å². The first kappa shape index (κ1) is 53.2. The maximum absolute atomic E-state index is 13.2. The molecule has 24 heteroatoms. The molecule has 0 spiro atoms. The van der Waals surface area contributed by atoms with Gasteiger partial charge in [-0.1, -0.05) is 30.3 Å². The Morgan fingerprint density at radius 3 is 1.84 bits per heavy atom. The lowest BCUT2D eigenvalue weighted by Crippen LogP contribution is -2.62. The molecule has 1 aromatic rings. The number of hydrogen-bond donors (Lipinski definition) is 14. The summed E-state index contributed by atoms with van der Waals surface area (Å²) in [7, 11) is 0. The predicted molar refractivity (Wildman–Crippen MR) is 214 cm³/mol. The molecule has 0 aliphatic rings. The number of nitrogens with zero attached hydrogens (tertiary/aromatic N) is 1. The highest BCUT2D eigenvalue weighted by atomic mass is 16.4. The number of benzene rings is 1. The molecule has 8 atom stereocenters. The number of carbonyl (C=O) groups is 9. The first-order valence-corrected chi connectivity index (χ1v) is 19.4. The summed E-state index contributed by atoms with van der Waals surface area (Å²) in [5.41, 5.74) is 17.3. The van der Waals surface area contributed by atoms with Gasteiger partial charge in [0.1, 0.15) is 36.3 Å². The molecule has 8 amide bonds. The second-order valence-electron chi connectivity index (χ2n) is 14.1. The molecule has 0 saturated carbocycles. The SMILES string of the molecule is CC(=O)N(CC(N)CO)C(CC(N)=O)C(=O)N[C@H](C(=O)N[C@@H](CO)C(=O)NC(CCC(=O)NCCCCNC(=O)C(Cc1ccccc1)NC(=O)C(N)CO)C(=O)O)[C@@H](C)O. The van der Waals surface area contributed by atoms with Crippen LogP contribution in [0.25, 0.3) is 0 Å². The summed E-state index contributed by atoms with van der Waals surface area (Å²) >= 11 is 0. The molecule has 0 saturated heterocycles. The second kappa shape index (κ2) is 27.9. The van der Waals surface area contributed by atoms with Crippen LogP contribution in [0, 0.1) is 0 Å². The number of rotatable bonds is 29. The molecule has 0 heterocycles. The van der Waals surface area contributed by atoms with Crippen molar-refractivity contribution in [3.05, 3.63) is 35.9 Å². The molecule has 0 bridgehead atoms. The van der Waals surface area contributed by atoms with Crippen LogP contribution in [-0.4, -0.2) is 172 Å². The van der Waals surface area contributed by atoms with Crippen LogP contribution in [-0.2, 0) is 49.6 Å². The van der Waals surface area contributed by atoms with Gasteiger partial charge in [0.25, 0.3) is 0 Å². The minimum absolute atomic E-state index is 0.139. The Kier molecular flexibility index (Phi) is 24.3. The number of aliphatic carboxylic acids is 1. The Balaban J connectivity index is 2.74. The van der Waals surface area contributed by atoms with E-state index < -0.39 is 141 Å². The highest BCUT2D eigenvalue weighted by Crippen LogP contribution is 2.10. The Bertz CT molecular complexity index is 1640. The number of hydrogen-bond acceptors (Lipinski definition) is 15. The molecule has 0 aromatic heterocycles. The number of carboxylic acids is 1. The molecule has 0 fully saturated rings. The molecule has 5 unspecified atom stereocenters. The van der Waals surface area contributed by atoms with Gasteiger partial charge < -0.3 is 79.5 Å². The van der Waals surface area contributed by atoms with E-state index in [4.69, 9.17) is 17.2 Å². The third-order valence-electron chi connectivity index (χ3n) is 8.97. The molecule has 24 nitrogen and oxygen atoms in total. The van der Waals surface area contributed by atoms with Gasteiger partial charge in [-0.3, -0.25) is 38.4 Å². The van der Waals surface area contributed by atoms with Crippen LogP contribution in [0.3, 0.4) is 0 Å². The molecule has 0 radical (unpaired) electrons. The fraction of sp³-hybridized carbons (Fsp3) is 0.595. The van der Waals surface area contributed by atoms with Crippen molar-refractivity contribution in [2.75, 3.05) is 39.5 Å². The number of aliphatic hydroxyl groups excluding tert-OH is 4. The lowest BCUT2D eigenvalue weighted by molar-refractivity contribution is -0.143. The fourth-order valence-corrected chi connectivity index (χ4v) is 5.56. The van der Waals surface area contributed by atoms with Gasteiger partial charge in [0.15, 0.2) is 0 Å². The van der Waals surface area contributed by atoms with Crippen molar-refractivity contribution in [3.8, 4) is 0 Å². The van der Waals surface area contributed by atoms with E-state index >= 15 is 0 Å². The predicted octanol–water partition coefficient (Wildman–Crippen LogP) is -6.85. The standard InChI is InChI=1S/C37H60N10O14/c1-20(51)31(46-35(58)28(15-29(40)53)47(21(2)52)16-23(38)17-48)36(59)45-27(19-50)34(57)43-25(37(60)61)10-11-30(54)41-12-6-7-13-42-33(56)26(44-32(55)24(39)18-49)14-22-8-4-3-5-9-22/h3-5,8-9,20,23-28,31,48-51H,6-7,10-19,38-39H2,1-2H3,(H2,40,53)(H,41,54)(H,42,56)(H,43,57)(H,44,55)(H,45,59)(H,46,58)(H,60,61)/t20-,23?,24?,25?,26?,27+,28?,31+/m1/s1. The maximum atomic E-state index is 13.2. The van der Waals surface area contributed by atoms with E-state index in [1.807, 2.05) is 0 Å². The number of nitrogens with one attached hydrogen (secondary N) is 6. The first-order chi connectivity index (χ1) is 28.7. The van der Waals surface area contributed by atoms with Gasteiger partial charge >= 0.3 is 5.97 Å². The first-order valence-electron chi connectivity index (χ1n) is 19.4. The Hall–Kier alpha value is -5.79. The molecule has 0 aliphatic heterocycles. The van der Waals surface area contributed by atoms with Crippen LogP contribution >= 0.6 is 0 Å². The number of carboxylic acid groups (broad SMARTS) is 1. The summed E-state index contributed by atoms with van der Waals surface area (Å²) in [4.78, 5) is 114. The van der Waals surface area contributed by atoms with Crippen LogP contribution in [0.15, 0.2) is 30.3 Å². The van der Waals surface area contributed by atoms with E-state index in [2.05, 4.69) is 31.9 Å². The van der Waals surface area contributed by atoms with Crippen LogP contribution in [0.2, 0.25) is 0 Å².